The number of nitrogens with one attached hydrogen (secondary N) is 1. The van der Waals surface area contributed by atoms with Crippen LogP contribution in [0.25, 0.3) is 0 Å². The van der Waals surface area contributed by atoms with Gasteiger partial charge in [-0.2, -0.15) is 0 Å². The molecule has 6 nitrogen and oxygen atoms in total. The standard InChI is InChI=1S/C17H31NO5SSi/c1-13-6-9-16(10-7-13)24(21,22)18-14(2)17(23-25(3,4)5)11-8-15(20)12-19/h6-7,9-10,14-15,17-20H,8,11-12H2,1-5H3/t14-,15+,17-/m0/s1. The summed E-state index contributed by atoms with van der Waals surface area (Å²) in [7, 11) is -5.55. The minimum absolute atomic E-state index is 0.215. The molecule has 0 aliphatic carbocycles. The Morgan fingerprint density at radius 3 is 2.20 bits per heavy atom. The third-order valence-corrected chi connectivity index (χ3v) is 6.31. The highest BCUT2D eigenvalue weighted by Gasteiger charge is 2.29. The molecule has 0 amide bonds. The Labute approximate surface area is 152 Å². The molecule has 0 bridgehead atoms. The van der Waals surface area contributed by atoms with Gasteiger partial charge in [0.05, 0.1) is 23.7 Å². The molecular weight excluding hydrogens is 358 g/mol. The van der Waals surface area contributed by atoms with E-state index >= 15 is 0 Å². The van der Waals surface area contributed by atoms with Gasteiger partial charge in [0.15, 0.2) is 8.32 Å². The molecule has 0 heterocycles. The molecular formula is C17H31NO5SSi. The highest BCUT2D eigenvalue weighted by atomic mass is 32.2. The average Bonchev–Trinajstić information content (AvgIpc) is 2.49. The number of hydrogen-bond acceptors (Lipinski definition) is 5. The zero-order valence-electron chi connectivity index (χ0n) is 15.7. The normalized spacial score (nSPS) is 16.4. The molecule has 0 aliphatic rings. The van der Waals surface area contributed by atoms with Gasteiger partial charge in [-0.1, -0.05) is 17.7 Å². The van der Waals surface area contributed by atoms with E-state index in [-0.39, 0.29) is 17.6 Å². The summed E-state index contributed by atoms with van der Waals surface area (Å²) < 4.78 is 33.9. The Hall–Kier alpha value is -0.773. The van der Waals surface area contributed by atoms with Crippen LogP contribution < -0.4 is 4.72 Å². The monoisotopic (exact) mass is 389 g/mol. The van der Waals surface area contributed by atoms with E-state index in [2.05, 4.69) is 4.72 Å². The molecule has 1 aromatic carbocycles. The fourth-order valence-corrected chi connectivity index (χ4v) is 4.92. The molecule has 0 saturated carbocycles. The predicted molar refractivity (Wildman–Crippen MR) is 102 cm³/mol. The molecule has 1 rings (SSSR count). The number of aliphatic hydroxyl groups excluding tert-OH is 2. The van der Waals surface area contributed by atoms with Crippen LogP contribution >= 0.6 is 0 Å². The number of hydrogen-bond donors (Lipinski definition) is 3. The smallest absolute Gasteiger partial charge is 0.240 e. The third kappa shape index (κ3) is 7.97. The molecule has 0 aromatic heterocycles. The Balaban J connectivity index is 2.88. The van der Waals surface area contributed by atoms with E-state index in [9.17, 15) is 13.5 Å². The highest BCUT2D eigenvalue weighted by Crippen LogP contribution is 2.18. The Morgan fingerprint density at radius 1 is 1.16 bits per heavy atom. The second-order valence-electron chi connectivity index (χ2n) is 7.41. The van der Waals surface area contributed by atoms with Gasteiger partial charge in [0, 0.05) is 6.04 Å². The maximum Gasteiger partial charge on any atom is 0.240 e. The van der Waals surface area contributed by atoms with Gasteiger partial charge in [0.25, 0.3) is 0 Å². The summed E-state index contributed by atoms with van der Waals surface area (Å²) in [6, 6.07) is 6.21. The van der Waals surface area contributed by atoms with Gasteiger partial charge in [-0.25, -0.2) is 13.1 Å². The first-order valence-corrected chi connectivity index (χ1v) is 13.4. The summed E-state index contributed by atoms with van der Waals surface area (Å²) in [5.74, 6) is 0. The second kappa shape index (κ2) is 9.25. The number of benzene rings is 1. The van der Waals surface area contributed by atoms with Gasteiger partial charge < -0.3 is 14.6 Å². The Morgan fingerprint density at radius 2 is 1.72 bits per heavy atom. The van der Waals surface area contributed by atoms with Crippen LogP contribution in [-0.2, 0) is 14.4 Å². The Kier molecular flexibility index (Phi) is 8.24. The molecule has 8 heteroatoms. The van der Waals surface area contributed by atoms with Crippen LogP contribution in [0.3, 0.4) is 0 Å². The maximum atomic E-state index is 12.6. The van der Waals surface area contributed by atoms with Crippen molar-refractivity contribution in [2.45, 2.75) is 69.5 Å². The molecule has 0 radical (unpaired) electrons. The van der Waals surface area contributed by atoms with Gasteiger partial charge in [-0.15, -0.1) is 0 Å². The van der Waals surface area contributed by atoms with Crippen molar-refractivity contribution in [2.24, 2.45) is 0 Å². The minimum Gasteiger partial charge on any atom is -0.413 e. The van der Waals surface area contributed by atoms with E-state index in [1.165, 1.54) is 0 Å². The van der Waals surface area contributed by atoms with Crippen LogP contribution in [0.2, 0.25) is 19.6 Å². The quantitative estimate of drug-likeness (QED) is 0.532. The number of aliphatic hydroxyl groups is 2. The van der Waals surface area contributed by atoms with Gasteiger partial charge in [0.2, 0.25) is 10.0 Å². The SMILES string of the molecule is Cc1ccc(S(=O)(=O)N[C@@H](C)[C@H](CC[C@@H](O)CO)O[Si](C)(C)C)cc1. The Bertz CT molecular complexity index is 627. The van der Waals surface area contributed by atoms with E-state index in [1.807, 2.05) is 26.6 Å². The van der Waals surface area contributed by atoms with Crippen LogP contribution in [0, 0.1) is 6.92 Å². The van der Waals surface area contributed by atoms with Crippen molar-refractivity contribution in [1.29, 1.82) is 0 Å². The van der Waals surface area contributed by atoms with E-state index in [1.54, 1.807) is 31.2 Å². The minimum atomic E-state index is -3.65. The molecule has 0 fully saturated rings. The van der Waals surface area contributed by atoms with E-state index < -0.39 is 30.5 Å². The molecule has 1 aromatic rings. The van der Waals surface area contributed by atoms with E-state index in [4.69, 9.17) is 9.53 Å². The lowest BCUT2D eigenvalue weighted by Gasteiger charge is -2.31. The second-order valence-corrected chi connectivity index (χ2v) is 13.6. The summed E-state index contributed by atoms with van der Waals surface area (Å²) in [4.78, 5) is 0.215. The third-order valence-electron chi connectivity index (χ3n) is 3.73. The number of aryl methyl sites for hydroxylation is 1. The van der Waals surface area contributed by atoms with Crippen molar-refractivity contribution >= 4 is 18.3 Å². The summed E-state index contributed by atoms with van der Waals surface area (Å²) in [6.07, 6.45) is -0.382. The lowest BCUT2D eigenvalue weighted by molar-refractivity contribution is 0.0669. The van der Waals surface area contributed by atoms with Crippen molar-refractivity contribution in [3.05, 3.63) is 29.8 Å². The van der Waals surface area contributed by atoms with Crippen LogP contribution in [-0.4, -0.2) is 51.8 Å². The van der Waals surface area contributed by atoms with Crippen LogP contribution in [0.1, 0.15) is 25.3 Å². The highest BCUT2D eigenvalue weighted by molar-refractivity contribution is 7.89. The van der Waals surface area contributed by atoms with Gasteiger partial charge >= 0.3 is 0 Å². The first-order valence-electron chi connectivity index (χ1n) is 8.50. The molecule has 0 aliphatic heterocycles. The summed E-state index contributed by atoms with van der Waals surface area (Å²) in [5.41, 5.74) is 0.991. The van der Waals surface area contributed by atoms with E-state index in [0.717, 1.165) is 5.56 Å². The van der Waals surface area contributed by atoms with Crippen molar-refractivity contribution in [1.82, 2.24) is 4.72 Å². The topological polar surface area (TPSA) is 95.9 Å². The molecule has 0 unspecified atom stereocenters. The van der Waals surface area contributed by atoms with Crippen LogP contribution in [0.5, 0.6) is 0 Å². The maximum absolute atomic E-state index is 12.6. The van der Waals surface area contributed by atoms with Crippen LogP contribution in [0.15, 0.2) is 29.2 Å². The summed E-state index contributed by atoms with van der Waals surface area (Å²) >= 11 is 0. The molecule has 0 saturated heterocycles. The largest absolute Gasteiger partial charge is 0.413 e. The van der Waals surface area contributed by atoms with Crippen molar-refractivity contribution < 1.29 is 23.1 Å². The molecule has 3 atom stereocenters. The predicted octanol–water partition coefficient (Wildman–Crippen LogP) is 2.02. The van der Waals surface area contributed by atoms with Crippen LogP contribution in [0.4, 0.5) is 0 Å². The van der Waals surface area contributed by atoms with Gasteiger partial charge in [-0.05, 0) is 58.5 Å². The number of sulfonamides is 1. The van der Waals surface area contributed by atoms with Gasteiger partial charge in [0.1, 0.15) is 0 Å². The van der Waals surface area contributed by atoms with Crippen molar-refractivity contribution in [2.75, 3.05) is 6.61 Å². The molecule has 144 valence electrons. The summed E-state index contributed by atoms with van der Waals surface area (Å²) in [5, 5.41) is 18.6. The fourth-order valence-electron chi connectivity index (χ4n) is 2.42. The average molecular weight is 390 g/mol. The first-order chi connectivity index (χ1) is 11.4. The molecule has 0 spiro atoms. The van der Waals surface area contributed by atoms with Crippen molar-refractivity contribution in [3.8, 4) is 0 Å². The van der Waals surface area contributed by atoms with Gasteiger partial charge in [-0.3, -0.25) is 0 Å². The first kappa shape index (κ1) is 22.3. The summed E-state index contributed by atoms with van der Waals surface area (Å²) in [6.45, 7) is 9.44. The zero-order valence-corrected chi connectivity index (χ0v) is 17.5. The van der Waals surface area contributed by atoms with Crippen molar-refractivity contribution in [3.63, 3.8) is 0 Å². The molecule has 25 heavy (non-hydrogen) atoms. The fraction of sp³-hybridized carbons (Fsp3) is 0.647. The van der Waals surface area contributed by atoms with E-state index in [0.29, 0.717) is 12.8 Å². The zero-order chi connectivity index (χ0) is 19.3. The molecule has 3 N–H and O–H groups in total. The number of rotatable bonds is 10. The lowest BCUT2D eigenvalue weighted by atomic mass is 10.1. The lowest BCUT2D eigenvalue weighted by Crippen LogP contribution is -2.46.